The molecule has 0 N–H and O–H groups in total. The number of ether oxygens (including phenoxy) is 1. The number of hydrogen-bond donors (Lipinski definition) is 0. The Balaban J connectivity index is 3.06. The van der Waals surface area contributed by atoms with Crippen LogP contribution in [0.4, 0.5) is 0 Å². The van der Waals surface area contributed by atoms with Gasteiger partial charge in [0.05, 0.1) is 6.61 Å². The predicted octanol–water partition coefficient (Wildman–Crippen LogP) is 1.70. The lowest BCUT2D eigenvalue weighted by Crippen LogP contribution is -2.26. The molecule has 0 aliphatic heterocycles. The standard InChI is InChI=1S/C10H14BrNO2/c1-8-3-4-9(7-11)10(13)12(8)5-6-14-2/h3-4H,5-7H2,1-2H3. The Kier molecular flexibility index (Phi) is 4.35. The van der Waals surface area contributed by atoms with E-state index in [4.69, 9.17) is 4.74 Å². The van der Waals surface area contributed by atoms with Gasteiger partial charge in [0.15, 0.2) is 0 Å². The molecule has 0 amide bonds. The van der Waals surface area contributed by atoms with Gasteiger partial charge in [0.1, 0.15) is 0 Å². The van der Waals surface area contributed by atoms with Crippen molar-refractivity contribution >= 4 is 15.9 Å². The van der Waals surface area contributed by atoms with E-state index in [1.165, 1.54) is 0 Å². The average molecular weight is 260 g/mol. The maximum atomic E-state index is 11.8. The van der Waals surface area contributed by atoms with Gasteiger partial charge in [-0.05, 0) is 13.0 Å². The fourth-order valence-electron chi connectivity index (χ4n) is 1.28. The number of hydrogen-bond acceptors (Lipinski definition) is 2. The molecule has 4 heteroatoms. The molecular weight excluding hydrogens is 246 g/mol. The lowest BCUT2D eigenvalue weighted by molar-refractivity contribution is 0.185. The Bertz CT molecular complexity index is 360. The van der Waals surface area contributed by atoms with Crippen molar-refractivity contribution in [1.82, 2.24) is 4.57 Å². The number of aromatic nitrogens is 1. The lowest BCUT2D eigenvalue weighted by Gasteiger charge is -2.10. The quantitative estimate of drug-likeness (QED) is 0.771. The van der Waals surface area contributed by atoms with Crippen LogP contribution in [-0.4, -0.2) is 18.3 Å². The van der Waals surface area contributed by atoms with Crippen molar-refractivity contribution in [3.63, 3.8) is 0 Å². The fraction of sp³-hybridized carbons (Fsp3) is 0.500. The van der Waals surface area contributed by atoms with Crippen LogP contribution in [-0.2, 0) is 16.6 Å². The molecule has 0 fully saturated rings. The highest BCUT2D eigenvalue weighted by atomic mass is 79.9. The third-order valence-electron chi connectivity index (χ3n) is 2.13. The minimum absolute atomic E-state index is 0.0684. The summed E-state index contributed by atoms with van der Waals surface area (Å²) >= 11 is 3.29. The van der Waals surface area contributed by atoms with Crippen molar-refractivity contribution in [2.24, 2.45) is 0 Å². The van der Waals surface area contributed by atoms with E-state index in [1.54, 1.807) is 11.7 Å². The Labute approximate surface area is 91.8 Å². The van der Waals surface area contributed by atoms with Crippen molar-refractivity contribution in [1.29, 1.82) is 0 Å². The SMILES string of the molecule is COCCn1c(C)ccc(CBr)c1=O. The Morgan fingerprint density at radius 3 is 2.79 bits per heavy atom. The molecule has 0 atom stereocenters. The van der Waals surface area contributed by atoms with E-state index in [0.717, 1.165) is 11.3 Å². The van der Waals surface area contributed by atoms with Crippen LogP contribution in [0.3, 0.4) is 0 Å². The van der Waals surface area contributed by atoms with Crippen LogP contribution in [0.1, 0.15) is 11.3 Å². The van der Waals surface area contributed by atoms with Crippen molar-refractivity contribution in [2.75, 3.05) is 13.7 Å². The minimum Gasteiger partial charge on any atom is -0.383 e. The van der Waals surface area contributed by atoms with E-state index in [-0.39, 0.29) is 5.56 Å². The topological polar surface area (TPSA) is 31.2 Å². The summed E-state index contributed by atoms with van der Waals surface area (Å²) in [6, 6.07) is 3.81. The summed E-state index contributed by atoms with van der Waals surface area (Å²) in [5, 5.41) is 0.596. The maximum absolute atomic E-state index is 11.8. The Hall–Kier alpha value is -0.610. The number of nitrogens with zero attached hydrogens (tertiary/aromatic N) is 1. The number of pyridine rings is 1. The number of methoxy groups -OCH3 is 1. The number of alkyl halides is 1. The molecule has 1 rings (SSSR count). The first-order chi connectivity index (χ1) is 6.70. The van der Waals surface area contributed by atoms with E-state index >= 15 is 0 Å². The van der Waals surface area contributed by atoms with Crippen molar-refractivity contribution in [3.05, 3.63) is 33.7 Å². The maximum Gasteiger partial charge on any atom is 0.254 e. The summed E-state index contributed by atoms with van der Waals surface area (Å²) in [4.78, 5) is 11.8. The molecule has 3 nitrogen and oxygen atoms in total. The second-order valence-corrected chi connectivity index (χ2v) is 3.64. The fourth-order valence-corrected chi connectivity index (χ4v) is 1.70. The highest BCUT2D eigenvalue weighted by Crippen LogP contribution is 2.02. The van der Waals surface area contributed by atoms with Gasteiger partial charge in [-0.1, -0.05) is 22.0 Å². The predicted molar refractivity (Wildman–Crippen MR) is 59.9 cm³/mol. The summed E-state index contributed by atoms with van der Waals surface area (Å²) in [7, 11) is 1.63. The van der Waals surface area contributed by atoms with Crippen molar-refractivity contribution < 1.29 is 4.74 Å². The summed E-state index contributed by atoms with van der Waals surface area (Å²) in [6.07, 6.45) is 0. The molecule has 0 radical (unpaired) electrons. The van der Waals surface area contributed by atoms with Crippen molar-refractivity contribution in [2.45, 2.75) is 18.8 Å². The molecule has 0 bridgehead atoms. The second-order valence-electron chi connectivity index (χ2n) is 3.08. The molecule has 0 unspecified atom stereocenters. The second kappa shape index (κ2) is 5.32. The Morgan fingerprint density at radius 2 is 2.21 bits per heavy atom. The molecule has 0 aromatic carbocycles. The largest absolute Gasteiger partial charge is 0.383 e. The van der Waals surface area contributed by atoms with E-state index in [0.29, 0.717) is 18.5 Å². The van der Waals surface area contributed by atoms with Gasteiger partial charge in [-0.3, -0.25) is 4.79 Å². The molecular formula is C10H14BrNO2. The van der Waals surface area contributed by atoms with Crippen LogP contribution < -0.4 is 5.56 Å². The van der Waals surface area contributed by atoms with E-state index < -0.39 is 0 Å². The van der Waals surface area contributed by atoms with Crippen LogP contribution in [0.15, 0.2) is 16.9 Å². The molecule has 0 spiro atoms. The van der Waals surface area contributed by atoms with Gasteiger partial charge in [-0.15, -0.1) is 0 Å². The van der Waals surface area contributed by atoms with Gasteiger partial charge in [0, 0.05) is 30.2 Å². The van der Waals surface area contributed by atoms with E-state index in [1.807, 2.05) is 19.1 Å². The third kappa shape index (κ3) is 2.45. The average Bonchev–Trinajstić information content (AvgIpc) is 2.18. The van der Waals surface area contributed by atoms with Crippen LogP contribution >= 0.6 is 15.9 Å². The van der Waals surface area contributed by atoms with Crippen LogP contribution in [0.25, 0.3) is 0 Å². The number of halogens is 1. The summed E-state index contributed by atoms with van der Waals surface area (Å²) in [5.74, 6) is 0. The lowest BCUT2D eigenvalue weighted by atomic mass is 10.2. The monoisotopic (exact) mass is 259 g/mol. The highest BCUT2D eigenvalue weighted by molar-refractivity contribution is 9.08. The van der Waals surface area contributed by atoms with Crippen LogP contribution in [0.2, 0.25) is 0 Å². The normalized spacial score (nSPS) is 10.5. The Morgan fingerprint density at radius 1 is 1.50 bits per heavy atom. The molecule has 0 aliphatic carbocycles. The van der Waals surface area contributed by atoms with Crippen molar-refractivity contribution in [3.8, 4) is 0 Å². The van der Waals surface area contributed by atoms with Gasteiger partial charge in [0.25, 0.3) is 5.56 Å². The molecule has 14 heavy (non-hydrogen) atoms. The number of aryl methyl sites for hydroxylation is 1. The third-order valence-corrected chi connectivity index (χ3v) is 2.74. The molecule has 1 aromatic heterocycles. The molecule has 0 saturated carbocycles. The van der Waals surface area contributed by atoms with Gasteiger partial charge in [0.2, 0.25) is 0 Å². The van der Waals surface area contributed by atoms with Gasteiger partial charge in [-0.2, -0.15) is 0 Å². The first kappa shape index (κ1) is 11.5. The summed E-state index contributed by atoms with van der Waals surface area (Å²) in [6.45, 7) is 3.10. The zero-order valence-electron chi connectivity index (χ0n) is 8.42. The molecule has 1 aromatic rings. The highest BCUT2D eigenvalue weighted by Gasteiger charge is 2.04. The molecule has 0 aliphatic rings. The smallest absolute Gasteiger partial charge is 0.254 e. The first-order valence-corrected chi connectivity index (χ1v) is 5.57. The van der Waals surface area contributed by atoms with Crippen LogP contribution in [0.5, 0.6) is 0 Å². The molecule has 78 valence electrons. The molecule has 0 saturated heterocycles. The van der Waals surface area contributed by atoms with Crippen LogP contribution in [0, 0.1) is 6.92 Å². The van der Waals surface area contributed by atoms with Gasteiger partial charge >= 0.3 is 0 Å². The zero-order chi connectivity index (χ0) is 10.6. The van der Waals surface area contributed by atoms with Gasteiger partial charge in [-0.25, -0.2) is 0 Å². The van der Waals surface area contributed by atoms with E-state index in [2.05, 4.69) is 15.9 Å². The van der Waals surface area contributed by atoms with Gasteiger partial charge < -0.3 is 9.30 Å². The number of rotatable bonds is 4. The summed E-state index contributed by atoms with van der Waals surface area (Å²) < 4.78 is 6.69. The minimum atomic E-state index is 0.0684. The summed E-state index contributed by atoms with van der Waals surface area (Å²) in [5.41, 5.74) is 1.82. The zero-order valence-corrected chi connectivity index (χ0v) is 10.0. The molecule has 1 heterocycles. The van der Waals surface area contributed by atoms with E-state index in [9.17, 15) is 4.79 Å². The first-order valence-electron chi connectivity index (χ1n) is 4.45.